The Morgan fingerprint density at radius 3 is 2.48 bits per heavy atom. The smallest absolute Gasteiger partial charge is 0.326 e. The molecular formula is C16H25NO3S. The maximum Gasteiger partial charge on any atom is 0.326 e. The number of aryl methyl sites for hydroxylation is 3. The Kier molecular flexibility index (Phi) is 6.89. The summed E-state index contributed by atoms with van der Waals surface area (Å²) in [4.78, 5) is 25.5. The molecule has 5 heteroatoms. The van der Waals surface area contributed by atoms with Crippen molar-refractivity contribution in [3.8, 4) is 0 Å². The van der Waals surface area contributed by atoms with Crippen LogP contribution in [0.1, 0.15) is 48.4 Å². The highest BCUT2D eigenvalue weighted by Crippen LogP contribution is 2.22. The van der Waals surface area contributed by atoms with E-state index in [0.29, 0.717) is 12.8 Å². The minimum Gasteiger partial charge on any atom is -0.480 e. The van der Waals surface area contributed by atoms with Crippen molar-refractivity contribution in [1.82, 2.24) is 5.32 Å². The predicted molar refractivity (Wildman–Crippen MR) is 85.8 cm³/mol. The second-order valence-corrected chi connectivity index (χ2v) is 7.34. The first-order valence-corrected chi connectivity index (χ1v) is 8.19. The lowest BCUT2D eigenvalue weighted by Crippen LogP contribution is -2.41. The molecule has 0 fully saturated rings. The van der Waals surface area contributed by atoms with E-state index in [4.69, 9.17) is 5.11 Å². The van der Waals surface area contributed by atoms with E-state index in [9.17, 15) is 9.59 Å². The van der Waals surface area contributed by atoms with Gasteiger partial charge in [-0.25, -0.2) is 4.79 Å². The highest BCUT2D eigenvalue weighted by molar-refractivity contribution is 7.12. The molecule has 0 saturated carbocycles. The van der Waals surface area contributed by atoms with Crippen molar-refractivity contribution in [3.05, 3.63) is 21.4 Å². The molecule has 1 rings (SSSR count). The first-order chi connectivity index (χ1) is 9.79. The fourth-order valence-corrected chi connectivity index (χ4v) is 3.31. The largest absolute Gasteiger partial charge is 0.480 e. The number of rotatable bonds is 8. The van der Waals surface area contributed by atoms with Crippen molar-refractivity contribution in [1.29, 1.82) is 0 Å². The molecule has 0 bridgehead atoms. The van der Waals surface area contributed by atoms with Crippen LogP contribution < -0.4 is 5.32 Å². The Morgan fingerprint density at radius 1 is 1.33 bits per heavy atom. The molecule has 0 spiro atoms. The molecule has 0 aliphatic rings. The van der Waals surface area contributed by atoms with Crippen molar-refractivity contribution in [2.75, 3.05) is 0 Å². The van der Waals surface area contributed by atoms with Crippen LogP contribution in [0, 0.1) is 19.8 Å². The maximum atomic E-state index is 11.8. The van der Waals surface area contributed by atoms with Gasteiger partial charge in [0.2, 0.25) is 5.91 Å². The number of aliphatic carboxylic acids is 1. The minimum absolute atomic E-state index is 0.173. The van der Waals surface area contributed by atoms with Crippen LogP contribution in [0.4, 0.5) is 0 Å². The van der Waals surface area contributed by atoms with Crippen LogP contribution in [0.5, 0.6) is 0 Å². The number of carboxylic acids is 1. The van der Waals surface area contributed by atoms with Gasteiger partial charge < -0.3 is 10.4 Å². The number of amides is 1. The van der Waals surface area contributed by atoms with Gasteiger partial charge in [0.05, 0.1) is 0 Å². The molecule has 4 nitrogen and oxygen atoms in total. The zero-order chi connectivity index (χ0) is 16.0. The second kappa shape index (κ2) is 8.17. The summed E-state index contributed by atoms with van der Waals surface area (Å²) in [5, 5.41) is 11.7. The molecule has 0 aliphatic carbocycles. The molecule has 0 aromatic carbocycles. The van der Waals surface area contributed by atoms with Gasteiger partial charge in [-0.15, -0.1) is 11.3 Å². The summed E-state index contributed by atoms with van der Waals surface area (Å²) in [5.74, 6) is -0.892. The molecule has 118 valence electrons. The predicted octanol–water partition coefficient (Wildman–Crippen LogP) is 3.30. The third-order valence-electron chi connectivity index (χ3n) is 3.33. The maximum absolute atomic E-state index is 11.8. The first kappa shape index (κ1) is 17.7. The Bertz CT molecular complexity index is 494. The van der Waals surface area contributed by atoms with E-state index in [1.165, 1.54) is 15.3 Å². The van der Waals surface area contributed by atoms with Crippen LogP contribution in [0.3, 0.4) is 0 Å². The summed E-state index contributed by atoms with van der Waals surface area (Å²) in [5.41, 5.74) is 1.29. The van der Waals surface area contributed by atoms with Gasteiger partial charge in [0.15, 0.2) is 0 Å². The fourth-order valence-electron chi connectivity index (χ4n) is 2.33. The molecule has 0 aliphatic heterocycles. The Morgan fingerprint density at radius 2 is 2.00 bits per heavy atom. The number of carboxylic acid groups (broad SMARTS) is 1. The van der Waals surface area contributed by atoms with E-state index in [-0.39, 0.29) is 11.8 Å². The number of hydrogen-bond acceptors (Lipinski definition) is 3. The zero-order valence-corrected chi connectivity index (χ0v) is 14.0. The summed E-state index contributed by atoms with van der Waals surface area (Å²) >= 11 is 1.77. The summed E-state index contributed by atoms with van der Waals surface area (Å²) in [6.45, 7) is 8.07. The molecule has 1 amide bonds. The molecule has 0 unspecified atom stereocenters. The Labute approximate surface area is 130 Å². The number of nitrogens with one attached hydrogen (secondary N) is 1. The van der Waals surface area contributed by atoms with Gasteiger partial charge in [-0.05, 0) is 50.7 Å². The number of carbonyl (C=O) groups is 2. The normalized spacial score (nSPS) is 12.4. The average molecular weight is 311 g/mol. The minimum atomic E-state index is -0.957. The summed E-state index contributed by atoms with van der Waals surface area (Å²) < 4.78 is 0. The highest BCUT2D eigenvalue weighted by atomic mass is 32.1. The molecular weight excluding hydrogens is 286 g/mol. The standard InChI is InChI=1S/C16H25NO3S/c1-10(2)8-14(16(19)20)17-15(18)7-5-6-13-9-11(3)21-12(13)4/h9-10,14H,5-8H2,1-4H3,(H,17,18)(H,19,20)/t14-/m1/s1. The van der Waals surface area contributed by atoms with Gasteiger partial charge in [-0.3, -0.25) is 4.79 Å². The van der Waals surface area contributed by atoms with Gasteiger partial charge >= 0.3 is 5.97 Å². The van der Waals surface area contributed by atoms with Crippen LogP contribution >= 0.6 is 11.3 Å². The van der Waals surface area contributed by atoms with Crippen molar-refractivity contribution >= 4 is 23.2 Å². The summed E-state index contributed by atoms with van der Waals surface area (Å²) in [6.07, 6.45) is 2.45. The van der Waals surface area contributed by atoms with E-state index in [1.807, 2.05) is 13.8 Å². The lowest BCUT2D eigenvalue weighted by molar-refractivity contribution is -0.142. The third-order valence-corrected chi connectivity index (χ3v) is 4.34. The fraction of sp³-hybridized carbons (Fsp3) is 0.625. The molecule has 21 heavy (non-hydrogen) atoms. The van der Waals surface area contributed by atoms with E-state index >= 15 is 0 Å². The lowest BCUT2D eigenvalue weighted by atomic mass is 10.0. The third kappa shape index (κ3) is 6.29. The number of hydrogen-bond donors (Lipinski definition) is 2. The highest BCUT2D eigenvalue weighted by Gasteiger charge is 2.20. The SMILES string of the molecule is Cc1cc(CCCC(=O)N[C@H](CC(C)C)C(=O)O)c(C)s1. The van der Waals surface area contributed by atoms with E-state index in [1.54, 1.807) is 11.3 Å². The van der Waals surface area contributed by atoms with Crippen molar-refractivity contribution in [2.24, 2.45) is 5.92 Å². The zero-order valence-electron chi connectivity index (χ0n) is 13.2. The lowest BCUT2D eigenvalue weighted by Gasteiger charge is -2.16. The van der Waals surface area contributed by atoms with Gasteiger partial charge in [0.1, 0.15) is 6.04 Å². The molecule has 1 atom stereocenters. The second-order valence-electron chi connectivity index (χ2n) is 5.88. The topological polar surface area (TPSA) is 66.4 Å². The molecule has 0 radical (unpaired) electrons. The van der Waals surface area contributed by atoms with Gasteiger partial charge in [-0.2, -0.15) is 0 Å². The van der Waals surface area contributed by atoms with Crippen molar-refractivity contribution in [3.63, 3.8) is 0 Å². The van der Waals surface area contributed by atoms with Crippen LogP contribution in [0.2, 0.25) is 0 Å². The molecule has 1 aromatic rings. The van der Waals surface area contributed by atoms with E-state index < -0.39 is 12.0 Å². The van der Waals surface area contributed by atoms with Crippen LogP contribution in [-0.4, -0.2) is 23.0 Å². The Balaban J connectivity index is 2.39. The number of carbonyl (C=O) groups excluding carboxylic acids is 1. The quantitative estimate of drug-likeness (QED) is 0.774. The van der Waals surface area contributed by atoms with Crippen molar-refractivity contribution in [2.45, 2.75) is 59.4 Å². The summed E-state index contributed by atoms with van der Waals surface area (Å²) in [7, 11) is 0. The van der Waals surface area contributed by atoms with E-state index in [2.05, 4.69) is 25.2 Å². The van der Waals surface area contributed by atoms with Crippen LogP contribution in [-0.2, 0) is 16.0 Å². The van der Waals surface area contributed by atoms with Crippen molar-refractivity contribution < 1.29 is 14.7 Å². The molecule has 1 aromatic heterocycles. The summed E-state index contributed by atoms with van der Waals surface area (Å²) in [6, 6.07) is 1.39. The Hall–Kier alpha value is -1.36. The molecule has 0 saturated heterocycles. The van der Waals surface area contributed by atoms with Gasteiger partial charge in [0.25, 0.3) is 0 Å². The van der Waals surface area contributed by atoms with Crippen LogP contribution in [0.25, 0.3) is 0 Å². The van der Waals surface area contributed by atoms with E-state index in [0.717, 1.165) is 12.8 Å². The van der Waals surface area contributed by atoms with Gasteiger partial charge in [0, 0.05) is 16.2 Å². The van der Waals surface area contributed by atoms with Crippen LogP contribution in [0.15, 0.2) is 6.07 Å². The average Bonchev–Trinajstić information content (AvgIpc) is 2.66. The molecule has 2 N–H and O–H groups in total. The molecule has 1 heterocycles. The monoisotopic (exact) mass is 311 g/mol. The first-order valence-electron chi connectivity index (χ1n) is 7.37. The van der Waals surface area contributed by atoms with Gasteiger partial charge in [-0.1, -0.05) is 13.8 Å². The number of thiophene rings is 1.